The predicted molar refractivity (Wildman–Crippen MR) is 87.5 cm³/mol. The van der Waals surface area contributed by atoms with E-state index in [4.69, 9.17) is 0 Å². The molecule has 112 valence electrons. The number of aryl methyl sites for hydroxylation is 1. The molecule has 0 spiro atoms. The molecule has 4 heteroatoms. The van der Waals surface area contributed by atoms with Gasteiger partial charge >= 0.3 is 0 Å². The molecule has 1 N–H and O–H groups in total. The van der Waals surface area contributed by atoms with Crippen molar-refractivity contribution in [1.29, 1.82) is 0 Å². The molecule has 1 atom stereocenters. The first kappa shape index (κ1) is 15.5. The van der Waals surface area contributed by atoms with Crippen LogP contribution < -0.4 is 5.32 Å². The summed E-state index contributed by atoms with van der Waals surface area (Å²) in [4.78, 5) is 5.76. The molecule has 2 aromatic rings. The normalized spacial score (nSPS) is 14.0. The summed E-state index contributed by atoms with van der Waals surface area (Å²) in [6.45, 7) is 10.3. The molecule has 2 aromatic heterocycles. The van der Waals surface area contributed by atoms with E-state index in [0.29, 0.717) is 11.5 Å². The van der Waals surface area contributed by atoms with Gasteiger partial charge in [-0.05, 0) is 37.6 Å². The zero-order chi connectivity index (χ0) is 14.6. The first-order valence-electron chi connectivity index (χ1n) is 7.65. The van der Waals surface area contributed by atoms with Gasteiger partial charge in [0.2, 0.25) is 0 Å². The second-order valence-electron chi connectivity index (χ2n) is 6.59. The Morgan fingerprint density at radius 3 is 2.85 bits per heavy atom. The third-order valence-corrected chi connectivity index (χ3v) is 4.53. The zero-order valence-electron chi connectivity index (χ0n) is 13.1. The van der Waals surface area contributed by atoms with E-state index in [9.17, 15) is 0 Å². The summed E-state index contributed by atoms with van der Waals surface area (Å²) in [6.07, 6.45) is 8.94. The Balaban J connectivity index is 1.84. The summed E-state index contributed by atoms with van der Waals surface area (Å²) >= 11 is 1.70. The van der Waals surface area contributed by atoms with Gasteiger partial charge in [0.15, 0.2) is 4.96 Å². The van der Waals surface area contributed by atoms with E-state index < -0.39 is 0 Å². The van der Waals surface area contributed by atoms with Gasteiger partial charge in [-0.25, -0.2) is 4.98 Å². The van der Waals surface area contributed by atoms with Gasteiger partial charge in [-0.15, -0.1) is 11.3 Å². The molecular formula is C16H27N3S. The largest absolute Gasteiger partial charge is 0.313 e. The van der Waals surface area contributed by atoms with Gasteiger partial charge in [0.25, 0.3) is 0 Å². The lowest BCUT2D eigenvalue weighted by atomic mass is 9.83. The number of thiazole rings is 1. The topological polar surface area (TPSA) is 29.3 Å². The van der Waals surface area contributed by atoms with Crippen LogP contribution in [-0.4, -0.2) is 22.0 Å². The quantitative estimate of drug-likeness (QED) is 0.831. The summed E-state index contributed by atoms with van der Waals surface area (Å²) in [6, 6.07) is 0.589. The highest BCUT2D eigenvalue weighted by molar-refractivity contribution is 7.15. The minimum Gasteiger partial charge on any atom is -0.313 e. The molecule has 0 saturated carbocycles. The molecule has 0 aliphatic rings. The SMILES string of the molecule is CCCNC(CCCc1cn2ccsc2n1)C(C)(C)C. The van der Waals surface area contributed by atoms with Crippen molar-refractivity contribution in [3.8, 4) is 0 Å². The van der Waals surface area contributed by atoms with E-state index in [2.05, 4.69) is 60.2 Å². The predicted octanol–water partition coefficient (Wildman–Crippen LogP) is 4.13. The zero-order valence-corrected chi connectivity index (χ0v) is 14.0. The van der Waals surface area contributed by atoms with Crippen molar-refractivity contribution in [3.05, 3.63) is 23.5 Å². The van der Waals surface area contributed by atoms with E-state index >= 15 is 0 Å². The summed E-state index contributed by atoms with van der Waals surface area (Å²) in [5.41, 5.74) is 1.55. The van der Waals surface area contributed by atoms with Gasteiger partial charge in [-0.2, -0.15) is 0 Å². The Morgan fingerprint density at radius 2 is 2.20 bits per heavy atom. The van der Waals surface area contributed by atoms with Crippen LogP contribution in [0.2, 0.25) is 0 Å². The van der Waals surface area contributed by atoms with Crippen molar-refractivity contribution >= 4 is 16.3 Å². The average Bonchev–Trinajstić information content (AvgIpc) is 2.92. The molecule has 2 heterocycles. The second kappa shape index (κ2) is 6.72. The smallest absolute Gasteiger partial charge is 0.193 e. The van der Waals surface area contributed by atoms with Crippen molar-refractivity contribution in [2.45, 2.75) is 59.4 Å². The number of rotatable bonds is 7. The van der Waals surface area contributed by atoms with Crippen LogP contribution in [0.3, 0.4) is 0 Å². The van der Waals surface area contributed by atoms with Gasteiger partial charge in [0.05, 0.1) is 5.69 Å². The molecular weight excluding hydrogens is 266 g/mol. The van der Waals surface area contributed by atoms with E-state index in [1.807, 2.05) is 0 Å². The van der Waals surface area contributed by atoms with Crippen LogP contribution >= 0.6 is 11.3 Å². The maximum absolute atomic E-state index is 4.65. The van der Waals surface area contributed by atoms with Crippen LogP contribution in [0.5, 0.6) is 0 Å². The Hall–Kier alpha value is -0.870. The van der Waals surface area contributed by atoms with Gasteiger partial charge in [-0.3, -0.25) is 4.40 Å². The van der Waals surface area contributed by atoms with Crippen molar-refractivity contribution in [2.24, 2.45) is 5.41 Å². The lowest BCUT2D eigenvalue weighted by molar-refractivity contribution is 0.251. The molecule has 0 saturated heterocycles. The monoisotopic (exact) mass is 293 g/mol. The maximum atomic E-state index is 4.65. The summed E-state index contributed by atoms with van der Waals surface area (Å²) in [5, 5.41) is 5.77. The Labute approximate surface area is 126 Å². The van der Waals surface area contributed by atoms with E-state index in [-0.39, 0.29) is 0 Å². The minimum atomic E-state index is 0.323. The third-order valence-electron chi connectivity index (χ3n) is 3.75. The number of hydrogen-bond acceptors (Lipinski definition) is 3. The van der Waals surface area contributed by atoms with Crippen LogP contribution in [0.25, 0.3) is 4.96 Å². The van der Waals surface area contributed by atoms with E-state index in [1.54, 1.807) is 11.3 Å². The number of fused-ring (bicyclic) bond motifs is 1. The fourth-order valence-electron chi connectivity index (χ4n) is 2.54. The molecule has 0 fully saturated rings. The summed E-state index contributed by atoms with van der Waals surface area (Å²) in [7, 11) is 0. The van der Waals surface area contributed by atoms with Crippen LogP contribution in [0, 0.1) is 5.41 Å². The Morgan fingerprint density at radius 1 is 1.40 bits per heavy atom. The van der Waals surface area contributed by atoms with Gasteiger partial charge < -0.3 is 5.32 Å². The van der Waals surface area contributed by atoms with Crippen molar-refractivity contribution in [3.63, 3.8) is 0 Å². The molecule has 0 aliphatic heterocycles. The fraction of sp³-hybridized carbons (Fsp3) is 0.688. The van der Waals surface area contributed by atoms with Crippen molar-refractivity contribution in [1.82, 2.24) is 14.7 Å². The number of aromatic nitrogens is 2. The summed E-state index contributed by atoms with van der Waals surface area (Å²) in [5.74, 6) is 0. The van der Waals surface area contributed by atoms with E-state index in [1.165, 1.54) is 25.0 Å². The highest BCUT2D eigenvalue weighted by atomic mass is 32.1. The van der Waals surface area contributed by atoms with Gasteiger partial charge in [0.1, 0.15) is 0 Å². The average molecular weight is 293 g/mol. The molecule has 0 bridgehead atoms. The molecule has 20 heavy (non-hydrogen) atoms. The molecule has 0 aromatic carbocycles. The number of imidazole rings is 1. The molecule has 0 radical (unpaired) electrons. The first-order chi connectivity index (χ1) is 9.50. The number of nitrogens with one attached hydrogen (secondary N) is 1. The first-order valence-corrected chi connectivity index (χ1v) is 8.53. The lowest BCUT2D eigenvalue weighted by Gasteiger charge is -2.31. The Kier molecular flexibility index (Phi) is 5.22. The minimum absolute atomic E-state index is 0.323. The maximum Gasteiger partial charge on any atom is 0.193 e. The third kappa shape index (κ3) is 4.06. The molecule has 1 unspecified atom stereocenters. The molecule has 0 amide bonds. The van der Waals surface area contributed by atoms with Gasteiger partial charge in [-0.1, -0.05) is 27.7 Å². The summed E-state index contributed by atoms with van der Waals surface area (Å²) < 4.78 is 2.12. The van der Waals surface area contributed by atoms with Crippen molar-refractivity contribution in [2.75, 3.05) is 6.54 Å². The van der Waals surface area contributed by atoms with E-state index in [0.717, 1.165) is 17.9 Å². The van der Waals surface area contributed by atoms with Gasteiger partial charge in [0, 0.05) is 23.8 Å². The molecule has 3 nitrogen and oxygen atoms in total. The second-order valence-corrected chi connectivity index (χ2v) is 7.46. The van der Waals surface area contributed by atoms with Crippen LogP contribution in [-0.2, 0) is 6.42 Å². The Bertz CT molecular complexity index is 493. The standard InChI is InChI=1S/C16H27N3S/c1-5-9-17-14(16(2,3)4)8-6-7-13-12-19-10-11-20-15(19)18-13/h10-12,14,17H,5-9H2,1-4H3. The molecule has 0 aliphatic carbocycles. The lowest BCUT2D eigenvalue weighted by Crippen LogP contribution is -2.40. The highest BCUT2D eigenvalue weighted by Crippen LogP contribution is 2.24. The number of hydrogen-bond donors (Lipinski definition) is 1. The van der Waals surface area contributed by atoms with Crippen LogP contribution in [0.15, 0.2) is 17.8 Å². The fourth-order valence-corrected chi connectivity index (χ4v) is 3.26. The number of nitrogens with zero attached hydrogens (tertiary/aromatic N) is 2. The molecule has 2 rings (SSSR count). The highest BCUT2D eigenvalue weighted by Gasteiger charge is 2.23. The van der Waals surface area contributed by atoms with Crippen molar-refractivity contribution < 1.29 is 0 Å². The van der Waals surface area contributed by atoms with Crippen LogP contribution in [0.1, 0.15) is 52.7 Å². The van der Waals surface area contributed by atoms with Crippen LogP contribution in [0.4, 0.5) is 0 Å².